The highest BCUT2D eigenvalue weighted by atomic mass is 15.1. The molecule has 10 aromatic rings. The largest absolute Gasteiger partial charge is 0.292 e. The van der Waals surface area contributed by atoms with Crippen LogP contribution in [-0.2, 0) is 0 Å². The van der Waals surface area contributed by atoms with Gasteiger partial charge in [-0.3, -0.25) is 14.5 Å². The van der Waals surface area contributed by atoms with Gasteiger partial charge in [0.05, 0.1) is 39.3 Å². The summed E-state index contributed by atoms with van der Waals surface area (Å²) in [5.41, 5.74) is 10.7. The van der Waals surface area contributed by atoms with Crippen molar-refractivity contribution < 1.29 is 0 Å². The molecular weight excluding hydrogens is 651 g/mol. The van der Waals surface area contributed by atoms with Crippen molar-refractivity contribution in [3.8, 4) is 62.5 Å². The molecule has 0 aliphatic carbocycles. The Morgan fingerprint density at radius 1 is 0.415 bits per heavy atom. The normalized spacial score (nSPS) is 11.4. The minimum atomic E-state index is 0.542. The fourth-order valence-electron chi connectivity index (χ4n) is 7.06. The first kappa shape index (κ1) is 30.4. The van der Waals surface area contributed by atoms with Crippen molar-refractivity contribution in [3.05, 3.63) is 176 Å². The summed E-state index contributed by atoms with van der Waals surface area (Å²) in [5.74, 6) is 1.42. The van der Waals surface area contributed by atoms with Crippen molar-refractivity contribution in [2.24, 2.45) is 0 Å². The molecule has 0 atom stereocenters. The average molecular weight is 680 g/mol. The number of nitrogens with zero attached hydrogens (tertiary/aromatic N) is 7. The Balaban J connectivity index is 1.18. The Kier molecular flexibility index (Phi) is 7.32. The Bertz CT molecular complexity index is 2850. The number of rotatable bonds is 6. The Hall–Kier alpha value is -7.38. The summed E-state index contributed by atoms with van der Waals surface area (Å²) in [6.07, 6.45) is 3.53. The second-order valence-electron chi connectivity index (χ2n) is 12.8. The van der Waals surface area contributed by atoms with Crippen molar-refractivity contribution >= 4 is 32.7 Å². The highest BCUT2D eigenvalue weighted by Crippen LogP contribution is 2.40. The molecule has 0 radical (unpaired) electrons. The van der Waals surface area contributed by atoms with Crippen LogP contribution in [0.4, 0.5) is 0 Å². The zero-order valence-electron chi connectivity index (χ0n) is 28.4. The molecular formula is C46H29N7. The van der Waals surface area contributed by atoms with Crippen LogP contribution in [0.2, 0.25) is 0 Å². The summed E-state index contributed by atoms with van der Waals surface area (Å²) in [5, 5.41) is 3.21. The van der Waals surface area contributed by atoms with E-state index in [0.29, 0.717) is 11.5 Å². The van der Waals surface area contributed by atoms with Crippen LogP contribution in [0.3, 0.4) is 0 Å². The lowest BCUT2D eigenvalue weighted by molar-refractivity contribution is 1.10. The zero-order valence-corrected chi connectivity index (χ0v) is 28.4. The molecule has 0 aliphatic heterocycles. The predicted octanol–water partition coefficient (Wildman–Crippen LogP) is 10.6. The molecule has 0 aliphatic rings. The van der Waals surface area contributed by atoms with Crippen LogP contribution >= 0.6 is 0 Å². The topological polar surface area (TPSA) is 82.3 Å². The fourth-order valence-corrected chi connectivity index (χ4v) is 7.06. The van der Waals surface area contributed by atoms with E-state index in [0.717, 1.165) is 83.7 Å². The fraction of sp³-hybridized carbons (Fsp3) is 0. The van der Waals surface area contributed by atoms with Gasteiger partial charge in [-0.1, -0.05) is 109 Å². The number of pyridine rings is 3. The highest BCUT2D eigenvalue weighted by Gasteiger charge is 2.21. The van der Waals surface area contributed by atoms with Crippen molar-refractivity contribution in [3.63, 3.8) is 0 Å². The van der Waals surface area contributed by atoms with E-state index in [2.05, 4.69) is 118 Å². The second-order valence-corrected chi connectivity index (χ2v) is 12.8. The van der Waals surface area contributed by atoms with Crippen molar-refractivity contribution in [1.29, 1.82) is 0 Å². The summed E-state index contributed by atoms with van der Waals surface area (Å²) in [7, 11) is 0. The monoisotopic (exact) mass is 679 g/mol. The predicted molar refractivity (Wildman–Crippen MR) is 212 cm³/mol. The Labute approximate surface area is 305 Å². The smallest absolute Gasteiger partial charge is 0.179 e. The molecule has 0 bridgehead atoms. The molecule has 5 aromatic heterocycles. The first-order valence-corrected chi connectivity index (χ1v) is 17.5. The van der Waals surface area contributed by atoms with Crippen LogP contribution in [-0.4, -0.2) is 34.5 Å². The van der Waals surface area contributed by atoms with E-state index in [4.69, 9.17) is 19.9 Å². The van der Waals surface area contributed by atoms with Gasteiger partial charge in [0.2, 0.25) is 0 Å². The van der Waals surface area contributed by atoms with E-state index >= 15 is 0 Å². The van der Waals surface area contributed by atoms with Gasteiger partial charge in [0.25, 0.3) is 0 Å². The number of para-hydroxylation sites is 2. The molecule has 0 N–H and O–H groups in total. The highest BCUT2D eigenvalue weighted by molar-refractivity contribution is 6.20. The quantitative estimate of drug-likeness (QED) is 0.163. The zero-order chi connectivity index (χ0) is 35.1. The maximum atomic E-state index is 5.42. The molecule has 0 amide bonds. The van der Waals surface area contributed by atoms with E-state index in [-0.39, 0.29) is 0 Å². The number of aromatic nitrogens is 7. The van der Waals surface area contributed by atoms with Gasteiger partial charge in [-0.15, -0.1) is 0 Å². The van der Waals surface area contributed by atoms with Gasteiger partial charge in [0.15, 0.2) is 5.82 Å². The lowest BCUT2D eigenvalue weighted by Gasteiger charge is -2.13. The van der Waals surface area contributed by atoms with E-state index in [1.54, 1.807) is 12.4 Å². The summed E-state index contributed by atoms with van der Waals surface area (Å²) < 4.78 is 2.25. The summed E-state index contributed by atoms with van der Waals surface area (Å²) in [6.45, 7) is 0. The number of imidazole rings is 1. The van der Waals surface area contributed by atoms with Gasteiger partial charge >= 0.3 is 0 Å². The third-order valence-corrected chi connectivity index (χ3v) is 9.54. The number of hydrogen-bond acceptors (Lipinski definition) is 6. The number of benzene rings is 5. The van der Waals surface area contributed by atoms with Crippen molar-refractivity contribution in [2.45, 2.75) is 0 Å². The lowest BCUT2D eigenvalue weighted by Crippen LogP contribution is -1.98. The van der Waals surface area contributed by atoms with Gasteiger partial charge in [0, 0.05) is 45.5 Å². The first-order valence-electron chi connectivity index (χ1n) is 17.5. The standard InChI is InChI=1S/C46H29N7/c1-3-13-32(14-4-1)46-52-44-41(53(46)33-15-5-2-6-16-33)26-25-35-34-17-7-8-18-36(34)49-43(42(35)44)31-23-21-30(22-24-31)39-29-40(37-19-9-11-27-47-37)51-45(50-39)38-20-10-12-28-48-38/h1-29H. The summed E-state index contributed by atoms with van der Waals surface area (Å²) in [6, 6.07) is 55.5. The average Bonchev–Trinajstić information content (AvgIpc) is 3.65. The van der Waals surface area contributed by atoms with Crippen LogP contribution < -0.4 is 0 Å². The molecule has 10 rings (SSSR count). The van der Waals surface area contributed by atoms with Gasteiger partial charge < -0.3 is 0 Å². The van der Waals surface area contributed by atoms with Crippen LogP contribution in [0, 0.1) is 0 Å². The molecule has 7 heteroatoms. The third kappa shape index (κ3) is 5.39. The summed E-state index contributed by atoms with van der Waals surface area (Å²) in [4.78, 5) is 29.7. The van der Waals surface area contributed by atoms with Gasteiger partial charge in [-0.25, -0.2) is 19.9 Å². The van der Waals surface area contributed by atoms with Crippen LogP contribution in [0.25, 0.3) is 95.2 Å². The van der Waals surface area contributed by atoms with Gasteiger partial charge in [0.1, 0.15) is 11.5 Å². The van der Waals surface area contributed by atoms with Crippen LogP contribution in [0.15, 0.2) is 176 Å². The number of hydrogen-bond donors (Lipinski definition) is 0. The van der Waals surface area contributed by atoms with Crippen molar-refractivity contribution in [1.82, 2.24) is 34.5 Å². The van der Waals surface area contributed by atoms with Gasteiger partial charge in [-0.2, -0.15) is 0 Å². The molecule has 0 saturated heterocycles. The molecule has 5 aromatic carbocycles. The summed E-state index contributed by atoms with van der Waals surface area (Å²) >= 11 is 0. The third-order valence-electron chi connectivity index (χ3n) is 9.54. The minimum Gasteiger partial charge on any atom is -0.292 e. The Morgan fingerprint density at radius 2 is 1.08 bits per heavy atom. The maximum Gasteiger partial charge on any atom is 0.179 e. The SMILES string of the molecule is c1ccc(-c2nc3c4c(-c5ccc(-c6cc(-c7ccccn7)nc(-c7ccccn7)n6)cc5)nc5ccccc5c4ccc3n2-c2ccccc2)cc1. The molecule has 5 heterocycles. The molecule has 0 fully saturated rings. The number of fused-ring (bicyclic) bond motifs is 5. The van der Waals surface area contributed by atoms with E-state index in [9.17, 15) is 0 Å². The Morgan fingerprint density at radius 3 is 1.83 bits per heavy atom. The lowest BCUT2D eigenvalue weighted by atomic mass is 9.97. The maximum absolute atomic E-state index is 5.42. The molecule has 0 spiro atoms. The molecule has 53 heavy (non-hydrogen) atoms. The molecule has 7 nitrogen and oxygen atoms in total. The van der Waals surface area contributed by atoms with E-state index in [1.807, 2.05) is 60.7 Å². The molecule has 0 unspecified atom stereocenters. The molecule has 248 valence electrons. The van der Waals surface area contributed by atoms with E-state index in [1.165, 1.54) is 0 Å². The van der Waals surface area contributed by atoms with Gasteiger partial charge in [-0.05, 0) is 60.0 Å². The molecule has 0 saturated carbocycles. The minimum absolute atomic E-state index is 0.542. The van der Waals surface area contributed by atoms with Crippen LogP contribution in [0.5, 0.6) is 0 Å². The second kappa shape index (κ2) is 12.7. The van der Waals surface area contributed by atoms with Crippen molar-refractivity contribution in [2.75, 3.05) is 0 Å². The van der Waals surface area contributed by atoms with Crippen LogP contribution in [0.1, 0.15) is 0 Å². The van der Waals surface area contributed by atoms with E-state index < -0.39 is 0 Å². The first-order chi connectivity index (χ1) is 26.3.